The Bertz CT molecular complexity index is 978. The number of rotatable bonds is 4. The molecule has 0 radical (unpaired) electrons. The second-order valence-electron chi connectivity index (χ2n) is 8.05. The fourth-order valence-corrected chi connectivity index (χ4v) is 4.72. The molecule has 1 N–H and O–H groups in total. The van der Waals surface area contributed by atoms with Gasteiger partial charge in [-0.05, 0) is 48.7 Å². The lowest BCUT2D eigenvalue weighted by Crippen LogP contribution is -2.46. The molecule has 1 saturated heterocycles. The zero-order chi connectivity index (χ0) is 22.0. The number of nitrogens with one attached hydrogen (secondary N) is 1. The summed E-state index contributed by atoms with van der Waals surface area (Å²) in [7, 11) is 0. The Balaban J connectivity index is 0.00000289. The van der Waals surface area contributed by atoms with Gasteiger partial charge in [0.1, 0.15) is 11.5 Å². The lowest BCUT2D eigenvalue weighted by Gasteiger charge is -2.27. The molecule has 5 nitrogen and oxygen atoms in total. The molecule has 2 aromatic rings. The van der Waals surface area contributed by atoms with Gasteiger partial charge in [-0.25, -0.2) is 9.40 Å². The first-order valence-corrected chi connectivity index (χ1v) is 11.3. The van der Waals surface area contributed by atoms with Crippen LogP contribution in [-0.2, 0) is 4.79 Å². The van der Waals surface area contributed by atoms with Gasteiger partial charge in [-0.1, -0.05) is 55.1 Å². The number of nitrogens with zero attached hydrogens (tertiary/aromatic N) is 3. The normalized spacial score (nSPS) is 21.5. The summed E-state index contributed by atoms with van der Waals surface area (Å²) in [5.41, 5.74) is 4.94. The third-order valence-corrected chi connectivity index (χ3v) is 6.39. The first-order valence-electron chi connectivity index (χ1n) is 10.6. The van der Waals surface area contributed by atoms with E-state index in [1.165, 1.54) is 25.0 Å². The molecule has 0 bridgehead atoms. The fourth-order valence-electron chi connectivity index (χ4n) is 4.23. The number of carbonyl (C=O) groups excluding carboxylic acids is 1. The van der Waals surface area contributed by atoms with E-state index in [0.29, 0.717) is 21.4 Å². The maximum atomic E-state index is 13.6. The molecule has 2 aliphatic heterocycles. The van der Waals surface area contributed by atoms with Gasteiger partial charge in [-0.15, -0.1) is 12.4 Å². The minimum atomic E-state index is -0.314. The van der Waals surface area contributed by atoms with Crippen LogP contribution in [0.2, 0.25) is 10.0 Å². The molecule has 2 unspecified atom stereocenters. The van der Waals surface area contributed by atoms with Gasteiger partial charge in [0.05, 0.1) is 16.8 Å². The summed E-state index contributed by atoms with van der Waals surface area (Å²) < 4.78 is 13.6. The summed E-state index contributed by atoms with van der Waals surface area (Å²) in [4.78, 5) is 13.2. The summed E-state index contributed by atoms with van der Waals surface area (Å²) in [6, 6.07) is 11.1. The van der Waals surface area contributed by atoms with Gasteiger partial charge in [-0.3, -0.25) is 15.2 Å². The minimum absolute atomic E-state index is 0. The van der Waals surface area contributed by atoms with Crippen LogP contribution in [0.3, 0.4) is 0 Å². The van der Waals surface area contributed by atoms with E-state index in [9.17, 15) is 9.18 Å². The van der Waals surface area contributed by atoms with Crippen molar-refractivity contribution in [3.63, 3.8) is 0 Å². The third kappa shape index (κ3) is 5.37. The molecule has 2 aliphatic rings. The Hall–Kier alpha value is -1.86. The van der Waals surface area contributed by atoms with Crippen molar-refractivity contribution in [2.24, 2.45) is 11.0 Å². The van der Waals surface area contributed by atoms with E-state index in [-0.39, 0.29) is 36.1 Å². The first-order chi connectivity index (χ1) is 14.9. The van der Waals surface area contributed by atoms with E-state index in [1.54, 1.807) is 35.3 Å². The smallest absolute Gasteiger partial charge is 0.282 e. The maximum absolute atomic E-state index is 13.6. The zero-order valence-electron chi connectivity index (χ0n) is 17.7. The second-order valence-corrected chi connectivity index (χ2v) is 8.90. The van der Waals surface area contributed by atoms with Crippen LogP contribution in [0, 0.1) is 11.7 Å². The summed E-state index contributed by atoms with van der Waals surface area (Å²) in [5.74, 6) is -0.760. The van der Waals surface area contributed by atoms with Crippen molar-refractivity contribution in [2.75, 3.05) is 18.1 Å². The Kier molecular flexibility index (Phi) is 8.39. The highest BCUT2D eigenvalue weighted by molar-refractivity contribution is 6.41. The van der Waals surface area contributed by atoms with E-state index in [1.807, 2.05) is 11.9 Å². The predicted octanol–water partition coefficient (Wildman–Crippen LogP) is 6.01. The Morgan fingerprint density at radius 3 is 2.34 bits per heavy atom. The molecule has 9 heteroatoms. The topological polar surface area (TPSA) is 47.9 Å². The molecular formula is C23H26Cl3FN4O. The number of benzene rings is 2. The van der Waals surface area contributed by atoms with Crippen LogP contribution in [0.15, 0.2) is 47.6 Å². The minimum Gasteiger partial charge on any atom is -0.284 e. The Morgan fingerprint density at radius 1 is 1.06 bits per heavy atom. The van der Waals surface area contributed by atoms with E-state index >= 15 is 0 Å². The van der Waals surface area contributed by atoms with Gasteiger partial charge in [-0.2, -0.15) is 5.10 Å². The van der Waals surface area contributed by atoms with Crippen molar-refractivity contribution in [2.45, 2.75) is 38.6 Å². The molecule has 0 saturated carbocycles. The number of carbonyl (C=O) groups is 1. The number of hydrogen-bond donors (Lipinski definition) is 1. The van der Waals surface area contributed by atoms with E-state index < -0.39 is 0 Å². The van der Waals surface area contributed by atoms with Crippen molar-refractivity contribution in [3.05, 3.63) is 63.9 Å². The molecule has 172 valence electrons. The van der Waals surface area contributed by atoms with Crippen LogP contribution in [0.4, 0.5) is 10.1 Å². The average molecular weight is 500 g/mol. The lowest BCUT2D eigenvalue weighted by molar-refractivity contribution is -0.119. The van der Waals surface area contributed by atoms with Crippen molar-refractivity contribution >= 4 is 52.9 Å². The summed E-state index contributed by atoms with van der Waals surface area (Å²) in [6.45, 7) is 3.63. The lowest BCUT2D eigenvalue weighted by atomic mass is 9.91. The van der Waals surface area contributed by atoms with Crippen LogP contribution in [-0.4, -0.2) is 29.7 Å². The molecule has 2 aromatic carbocycles. The zero-order valence-corrected chi connectivity index (χ0v) is 20.1. The van der Waals surface area contributed by atoms with Gasteiger partial charge in [0, 0.05) is 24.0 Å². The van der Waals surface area contributed by atoms with E-state index in [4.69, 9.17) is 23.2 Å². The van der Waals surface area contributed by atoms with Crippen LogP contribution in [0.25, 0.3) is 0 Å². The van der Waals surface area contributed by atoms with Crippen molar-refractivity contribution in [1.29, 1.82) is 0 Å². The molecular weight excluding hydrogens is 474 g/mol. The fraction of sp³-hybridized carbons (Fsp3) is 0.391. The van der Waals surface area contributed by atoms with E-state index in [0.717, 1.165) is 31.5 Å². The highest BCUT2D eigenvalue weighted by atomic mass is 35.5. The summed E-state index contributed by atoms with van der Waals surface area (Å²) in [6.07, 6.45) is 4.48. The number of hydrazone groups is 1. The van der Waals surface area contributed by atoms with Gasteiger partial charge >= 0.3 is 0 Å². The van der Waals surface area contributed by atoms with Crippen LogP contribution in [0.1, 0.15) is 44.2 Å². The highest BCUT2D eigenvalue weighted by Gasteiger charge is 2.40. The first kappa shape index (κ1) is 24.8. The molecule has 0 aromatic heterocycles. The molecule has 2 heterocycles. The van der Waals surface area contributed by atoms with Gasteiger partial charge in [0.25, 0.3) is 5.91 Å². The van der Waals surface area contributed by atoms with Gasteiger partial charge < -0.3 is 0 Å². The Morgan fingerprint density at radius 2 is 1.72 bits per heavy atom. The molecule has 1 fully saturated rings. The molecule has 32 heavy (non-hydrogen) atoms. The monoisotopic (exact) mass is 498 g/mol. The molecule has 2 atom stereocenters. The third-order valence-electron chi connectivity index (χ3n) is 5.85. The van der Waals surface area contributed by atoms with Gasteiger partial charge in [0.2, 0.25) is 0 Å². The Labute approximate surface area is 203 Å². The molecule has 1 amide bonds. The largest absolute Gasteiger partial charge is 0.284 e. The van der Waals surface area contributed by atoms with E-state index in [2.05, 4.69) is 10.5 Å². The van der Waals surface area contributed by atoms with Crippen LogP contribution >= 0.6 is 35.6 Å². The number of anilines is 1. The molecule has 0 aliphatic carbocycles. The molecule has 0 spiro atoms. The van der Waals surface area contributed by atoms with Crippen molar-refractivity contribution < 1.29 is 9.18 Å². The van der Waals surface area contributed by atoms with Gasteiger partial charge in [0.15, 0.2) is 0 Å². The van der Waals surface area contributed by atoms with Crippen LogP contribution in [0.5, 0.6) is 0 Å². The molecule has 4 rings (SSSR count). The number of halogens is 4. The predicted molar refractivity (Wildman–Crippen MR) is 130 cm³/mol. The second kappa shape index (κ2) is 10.8. The highest BCUT2D eigenvalue weighted by Crippen LogP contribution is 2.42. The van der Waals surface area contributed by atoms with Crippen molar-refractivity contribution in [3.8, 4) is 0 Å². The standard InChI is InChI=1S/C23H25Cl2FN4O.ClH/c1-15-21(23(31)28-29-12-4-2-3-5-13-29)27-30(20-11-8-17(24)14-19(20)25)22(15)16-6-9-18(26)10-7-16;/h6-11,14-15,22H,2-5,12-13H2,1H3,(H,28,31);1H. The average Bonchev–Trinajstić information content (AvgIpc) is 2.89. The quantitative estimate of drug-likeness (QED) is 0.560. The summed E-state index contributed by atoms with van der Waals surface area (Å²) >= 11 is 12.5. The number of hydrazine groups is 1. The summed E-state index contributed by atoms with van der Waals surface area (Å²) in [5, 5.41) is 9.37. The number of hydrogen-bond acceptors (Lipinski definition) is 4. The SMILES string of the molecule is CC1C(C(=O)NN2CCCCCC2)=NN(c2ccc(Cl)cc2Cl)C1c1ccc(F)cc1.Cl. The van der Waals surface area contributed by atoms with Crippen LogP contribution < -0.4 is 10.4 Å². The maximum Gasteiger partial charge on any atom is 0.282 e. The number of amides is 1. The van der Waals surface area contributed by atoms with Crippen molar-refractivity contribution in [1.82, 2.24) is 10.4 Å².